The van der Waals surface area contributed by atoms with E-state index in [0.717, 1.165) is 11.1 Å². The third-order valence-corrected chi connectivity index (χ3v) is 12.6. The van der Waals surface area contributed by atoms with E-state index < -0.39 is 20.2 Å². The molecule has 5 fully saturated rings. The zero-order chi connectivity index (χ0) is 25.0. The van der Waals surface area contributed by atoms with Crippen LogP contribution in [0.4, 0.5) is 0 Å². The summed E-state index contributed by atoms with van der Waals surface area (Å²) in [4.78, 5) is 0.303. The maximum atomic E-state index is 13.0. The minimum absolute atomic E-state index is 0.0327. The van der Waals surface area contributed by atoms with Crippen LogP contribution in [0.5, 0.6) is 0 Å². The lowest BCUT2D eigenvalue weighted by atomic mass is 9.65. The topological polar surface area (TPSA) is 86.7 Å². The quantitative estimate of drug-likeness (QED) is 0.379. The molecule has 2 unspecified atom stereocenters. The summed E-state index contributed by atoms with van der Waals surface area (Å²) in [7, 11) is -7.79. The number of hydrogen-bond acceptors (Lipinski definition) is 6. The predicted molar refractivity (Wildman–Crippen MR) is 133 cm³/mol. The van der Waals surface area contributed by atoms with Gasteiger partial charge in [0.05, 0.1) is 23.0 Å². The fourth-order valence-corrected chi connectivity index (χ4v) is 10.8. The van der Waals surface area contributed by atoms with Crippen molar-refractivity contribution in [1.29, 1.82) is 0 Å². The predicted octanol–water partition coefficient (Wildman–Crippen LogP) is 4.20. The largest absolute Gasteiger partial charge is 0.296 e. The molecule has 0 aliphatic heterocycles. The van der Waals surface area contributed by atoms with Crippen LogP contribution in [0.2, 0.25) is 0 Å². The highest BCUT2D eigenvalue weighted by molar-refractivity contribution is 7.87. The van der Waals surface area contributed by atoms with Gasteiger partial charge in [0, 0.05) is 0 Å². The average molecular weight is 527 g/mol. The third-order valence-electron chi connectivity index (χ3n) is 9.99. The van der Waals surface area contributed by atoms with Gasteiger partial charge in [-0.3, -0.25) is 8.37 Å². The molecule has 6 nitrogen and oxygen atoms in total. The Balaban J connectivity index is 1.14. The molecule has 6 aliphatic carbocycles. The first kappa shape index (κ1) is 23.1. The Labute approximate surface area is 213 Å². The first-order valence-electron chi connectivity index (χ1n) is 12.8. The second-order valence-electron chi connectivity index (χ2n) is 11.4. The summed E-state index contributed by atoms with van der Waals surface area (Å²) in [6, 6.07) is 13.3. The van der Waals surface area contributed by atoms with E-state index in [4.69, 9.17) is 8.37 Å². The van der Waals surface area contributed by atoms with Crippen molar-refractivity contribution in [3.05, 3.63) is 71.8 Å². The van der Waals surface area contributed by atoms with Gasteiger partial charge in [0.1, 0.15) is 0 Å². The number of benzene rings is 2. The smallest absolute Gasteiger partial charge is 0.266 e. The van der Waals surface area contributed by atoms with E-state index in [2.05, 4.69) is 12.2 Å². The van der Waals surface area contributed by atoms with Crippen LogP contribution in [0.3, 0.4) is 0 Å². The Morgan fingerprint density at radius 2 is 0.944 bits per heavy atom. The van der Waals surface area contributed by atoms with E-state index in [1.165, 1.54) is 0 Å². The highest BCUT2D eigenvalue weighted by atomic mass is 32.2. The second kappa shape index (κ2) is 7.76. The van der Waals surface area contributed by atoms with Crippen LogP contribution in [-0.2, 0) is 28.6 Å². The van der Waals surface area contributed by atoms with Crippen molar-refractivity contribution in [3.8, 4) is 0 Å². The second-order valence-corrected chi connectivity index (χ2v) is 14.7. The van der Waals surface area contributed by atoms with Crippen LogP contribution >= 0.6 is 0 Å². The van der Waals surface area contributed by atoms with E-state index >= 15 is 0 Å². The minimum Gasteiger partial charge on any atom is -0.266 e. The van der Waals surface area contributed by atoms with Crippen LogP contribution in [0, 0.1) is 73.0 Å². The molecule has 10 atom stereocenters. The fraction of sp³-hybridized carbons (Fsp3) is 0.500. The molecular formula is C28H30O6S2. The maximum Gasteiger partial charge on any atom is 0.296 e. The zero-order valence-corrected chi connectivity index (χ0v) is 21.9. The molecule has 0 amide bonds. The van der Waals surface area contributed by atoms with Gasteiger partial charge in [-0.15, -0.1) is 0 Å². The van der Waals surface area contributed by atoms with E-state index in [1.54, 1.807) is 48.5 Å². The van der Waals surface area contributed by atoms with Gasteiger partial charge in [-0.25, -0.2) is 0 Å². The zero-order valence-electron chi connectivity index (χ0n) is 20.2. The Kier molecular flexibility index (Phi) is 4.99. The molecular weight excluding hydrogens is 496 g/mol. The van der Waals surface area contributed by atoms with Gasteiger partial charge in [0.25, 0.3) is 20.2 Å². The van der Waals surface area contributed by atoms with Crippen LogP contribution in [0.1, 0.15) is 11.1 Å². The number of aryl methyl sites for hydroxylation is 2. The lowest BCUT2D eigenvalue weighted by Crippen LogP contribution is -2.41. The summed E-state index contributed by atoms with van der Waals surface area (Å²) in [5.74, 6) is 4.16. The molecule has 36 heavy (non-hydrogen) atoms. The van der Waals surface area contributed by atoms with Crippen molar-refractivity contribution < 1.29 is 25.2 Å². The Bertz CT molecular complexity index is 1330. The number of rotatable bonds is 8. The van der Waals surface area contributed by atoms with Crippen molar-refractivity contribution in [2.75, 3.05) is 13.2 Å². The van der Waals surface area contributed by atoms with Crippen molar-refractivity contribution in [2.24, 2.45) is 59.2 Å². The highest BCUT2D eigenvalue weighted by Crippen LogP contribution is 2.82. The van der Waals surface area contributed by atoms with Gasteiger partial charge < -0.3 is 0 Å². The monoisotopic (exact) mass is 526 g/mol. The van der Waals surface area contributed by atoms with Gasteiger partial charge in [0.15, 0.2) is 0 Å². The number of hydrogen-bond donors (Lipinski definition) is 0. The summed E-state index contributed by atoms with van der Waals surface area (Å²) < 4.78 is 63.2. The van der Waals surface area contributed by atoms with Crippen LogP contribution in [-0.4, -0.2) is 30.0 Å². The molecule has 0 spiro atoms. The molecule has 6 aliphatic rings. The van der Waals surface area contributed by atoms with Gasteiger partial charge in [-0.1, -0.05) is 47.5 Å². The molecule has 8 heteroatoms. The lowest BCUT2D eigenvalue weighted by molar-refractivity contribution is 0.0329. The lowest BCUT2D eigenvalue weighted by Gasteiger charge is -2.41. The Morgan fingerprint density at radius 1 is 0.556 bits per heavy atom. The Morgan fingerprint density at radius 3 is 1.33 bits per heavy atom. The normalized spacial score (nSPS) is 39.1. The molecule has 0 aromatic heterocycles. The summed E-state index contributed by atoms with van der Waals surface area (Å²) in [6.07, 6.45) is 4.75. The van der Waals surface area contributed by atoms with Gasteiger partial charge >= 0.3 is 0 Å². The highest BCUT2D eigenvalue weighted by Gasteiger charge is 2.80. The standard InChI is InChI=1S/C28H30O6S2/c1-15-3-7-17(8-4-15)35(29,30)33-13-21-22(14-34-36(31,32)18-9-5-16(2)6-10-18)27-25-20-12-11-19-23(20)28(27)26(21)24(19)25/h3-12,19-28H,13-14H2,1-2H3/t19-,20-,21+,22+,23?,24-,25+,26-,27+,28?/m1/s1. The average Bonchev–Trinajstić information content (AvgIpc) is 3.65. The van der Waals surface area contributed by atoms with Gasteiger partial charge in [0.2, 0.25) is 0 Å². The summed E-state index contributed by atoms with van der Waals surface area (Å²) >= 11 is 0. The summed E-state index contributed by atoms with van der Waals surface area (Å²) in [5.41, 5.74) is 1.96. The molecule has 0 heterocycles. The van der Waals surface area contributed by atoms with Gasteiger partial charge in [-0.05, 0) is 97.3 Å². The minimum atomic E-state index is -3.90. The van der Waals surface area contributed by atoms with Crippen molar-refractivity contribution in [1.82, 2.24) is 0 Å². The summed E-state index contributed by atoms with van der Waals surface area (Å²) in [5, 5.41) is 0. The number of allylic oxidation sites excluding steroid dienone is 2. The van der Waals surface area contributed by atoms with E-state index in [-0.39, 0.29) is 34.8 Å². The molecule has 0 N–H and O–H groups in total. The molecule has 8 bridgehead atoms. The molecule has 2 aromatic rings. The summed E-state index contributed by atoms with van der Waals surface area (Å²) in [6.45, 7) is 3.96. The molecule has 0 radical (unpaired) electrons. The van der Waals surface area contributed by atoms with Crippen LogP contribution in [0.25, 0.3) is 0 Å². The van der Waals surface area contributed by atoms with E-state index in [1.807, 2.05) is 13.8 Å². The maximum absolute atomic E-state index is 13.0. The Hall–Kier alpha value is -2.00. The molecule has 190 valence electrons. The fourth-order valence-electron chi connectivity index (χ4n) is 8.94. The van der Waals surface area contributed by atoms with E-state index in [9.17, 15) is 16.8 Å². The van der Waals surface area contributed by atoms with Crippen molar-refractivity contribution >= 4 is 20.2 Å². The molecule has 5 saturated carbocycles. The van der Waals surface area contributed by atoms with E-state index in [0.29, 0.717) is 47.3 Å². The third kappa shape index (κ3) is 3.14. The van der Waals surface area contributed by atoms with Crippen LogP contribution < -0.4 is 0 Å². The van der Waals surface area contributed by atoms with Crippen molar-refractivity contribution in [2.45, 2.75) is 23.6 Å². The molecule has 0 saturated heterocycles. The molecule has 8 rings (SSSR count). The van der Waals surface area contributed by atoms with Crippen molar-refractivity contribution in [3.63, 3.8) is 0 Å². The van der Waals surface area contributed by atoms with Crippen LogP contribution in [0.15, 0.2) is 70.5 Å². The SMILES string of the molecule is Cc1ccc(S(=O)(=O)OC[C@H]2[C@H](COS(=O)(=O)c3ccc(C)cc3)[C@@H]3C4C5[C@H]6C=C[C@H]5[C@@H]([C@H]42)[C@@H]36)cc1. The first-order chi connectivity index (χ1) is 17.2. The first-order valence-corrected chi connectivity index (χ1v) is 15.6. The van der Waals surface area contributed by atoms with Gasteiger partial charge in [-0.2, -0.15) is 16.8 Å². The molecule has 2 aromatic carbocycles.